The Morgan fingerprint density at radius 1 is 0.781 bits per heavy atom. The highest BCUT2D eigenvalue weighted by Gasteiger charge is 2.35. The third-order valence-corrected chi connectivity index (χ3v) is 7.39. The van der Waals surface area contributed by atoms with Crippen molar-refractivity contribution in [2.75, 3.05) is 19.6 Å². The van der Waals surface area contributed by atoms with Crippen molar-refractivity contribution < 1.29 is 13.2 Å². The van der Waals surface area contributed by atoms with Crippen molar-refractivity contribution in [1.29, 1.82) is 0 Å². The van der Waals surface area contributed by atoms with Gasteiger partial charge in [0.15, 0.2) is 5.84 Å². The predicted octanol–water partition coefficient (Wildman–Crippen LogP) is 5.52. The van der Waals surface area contributed by atoms with Gasteiger partial charge in [-0.1, -0.05) is 60.7 Å². The maximum Gasteiger partial charge on any atom is 0.416 e. The highest BCUT2D eigenvalue weighted by atomic mass is 32.2. The number of fused-ring (bicyclic) bond motifs is 1. The fourth-order valence-corrected chi connectivity index (χ4v) is 5.67. The third-order valence-electron chi connectivity index (χ3n) is 5.65. The van der Waals surface area contributed by atoms with Gasteiger partial charge in [0.1, 0.15) is 0 Å². The molecule has 0 N–H and O–H groups in total. The molecule has 8 heteroatoms. The molecule has 0 radical (unpaired) electrons. The Balaban J connectivity index is 1.37. The lowest BCUT2D eigenvalue weighted by molar-refractivity contribution is -0.137. The minimum absolute atomic E-state index is 0.0932. The van der Waals surface area contributed by atoms with Crippen molar-refractivity contribution in [1.82, 2.24) is 9.21 Å². The number of piperazine rings is 1. The number of benzene rings is 3. The summed E-state index contributed by atoms with van der Waals surface area (Å²) < 4.78 is 45.2. The van der Waals surface area contributed by atoms with Gasteiger partial charge in [0.2, 0.25) is 0 Å². The lowest BCUT2D eigenvalue weighted by Crippen LogP contribution is -2.50. The van der Waals surface area contributed by atoms with E-state index in [0.717, 1.165) is 29.4 Å². The summed E-state index contributed by atoms with van der Waals surface area (Å²) in [6.07, 6.45) is -4.34. The number of rotatable bonds is 4. The first-order chi connectivity index (χ1) is 15.5. The Morgan fingerprint density at radius 2 is 1.38 bits per heavy atom. The average Bonchev–Trinajstić information content (AvgIpc) is 3.24. The van der Waals surface area contributed by atoms with Crippen LogP contribution in [0.2, 0.25) is 0 Å². The zero-order chi connectivity index (χ0) is 22.1. The van der Waals surface area contributed by atoms with E-state index in [9.17, 15) is 13.2 Å². The summed E-state index contributed by atoms with van der Waals surface area (Å²) in [5, 5.41) is 4.42. The second-order valence-corrected chi connectivity index (χ2v) is 9.28. The van der Waals surface area contributed by atoms with Crippen LogP contribution in [0.1, 0.15) is 22.7 Å². The summed E-state index contributed by atoms with van der Waals surface area (Å²) in [6, 6.07) is 26.1. The van der Waals surface area contributed by atoms with E-state index in [4.69, 9.17) is 0 Å². The van der Waals surface area contributed by atoms with Crippen LogP contribution >= 0.6 is 0 Å². The molecular weight excluding hydrogens is 433 g/mol. The van der Waals surface area contributed by atoms with Gasteiger partial charge in [-0.05, 0) is 35.4 Å². The number of alkyl halides is 3. The molecule has 0 spiro atoms. The van der Waals surface area contributed by atoms with E-state index in [2.05, 4.69) is 43.0 Å². The molecule has 1 atom stereocenters. The first-order valence-electron chi connectivity index (χ1n) is 10.3. The SMILES string of the molecule is FC(F)(F)c1ccc(S2=NN=C3CN(C(c4ccccc4)c4ccccc4)CCN32)cc1. The Morgan fingerprint density at radius 3 is 1.94 bits per heavy atom. The maximum atomic E-state index is 12.9. The molecule has 1 saturated heterocycles. The smallest absolute Gasteiger partial charge is 0.286 e. The van der Waals surface area contributed by atoms with Crippen LogP contribution in [0.15, 0.2) is 99.4 Å². The predicted molar refractivity (Wildman–Crippen MR) is 120 cm³/mol. The zero-order valence-electron chi connectivity index (χ0n) is 17.1. The molecule has 0 saturated carbocycles. The summed E-state index contributed by atoms with van der Waals surface area (Å²) in [5.74, 6) is 0.858. The van der Waals surface area contributed by atoms with Crippen LogP contribution in [0.25, 0.3) is 0 Å². The third kappa shape index (κ3) is 4.08. The van der Waals surface area contributed by atoms with Gasteiger partial charge in [0.25, 0.3) is 0 Å². The fraction of sp³-hybridized carbons (Fsp3) is 0.208. The highest BCUT2D eigenvalue weighted by Crippen LogP contribution is 2.33. The number of halogens is 3. The van der Waals surface area contributed by atoms with Crippen LogP contribution in [0, 0.1) is 0 Å². The van der Waals surface area contributed by atoms with Crippen molar-refractivity contribution in [2.24, 2.45) is 9.57 Å². The molecule has 2 aliphatic heterocycles. The molecule has 2 heterocycles. The number of hydrogen-bond acceptors (Lipinski definition) is 4. The summed E-state index contributed by atoms with van der Waals surface area (Å²) in [7, 11) is -0.699. The molecule has 3 aromatic rings. The number of amidine groups is 1. The molecular formula is C24H21F3N4S. The lowest BCUT2D eigenvalue weighted by atomic mass is 9.96. The van der Waals surface area contributed by atoms with Crippen molar-refractivity contribution in [3.63, 3.8) is 0 Å². The largest absolute Gasteiger partial charge is 0.416 e. The Hall–Kier alpha value is -2.97. The van der Waals surface area contributed by atoms with Crippen LogP contribution < -0.4 is 0 Å². The molecule has 2 aliphatic rings. The first kappa shape index (κ1) is 20.9. The molecule has 1 fully saturated rings. The Bertz CT molecular complexity index is 1110. The molecule has 5 rings (SSSR count). The second-order valence-electron chi connectivity index (χ2n) is 7.68. The molecule has 1 unspecified atom stereocenters. The van der Waals surface area contributed by atoms with Gasteiger partial charge in [-0.15, -0.1) is 9.57 Å². The minimum Gasteiger partial charge on any atom is -0.286 e. The zero-order valence-corrected chi connectivity index (χ0v) is 17.9. The van der Waals surface area contributed by atoms with E-state index in [1.54, 1.807) is 0 Å². The first-order valence-corrected chi connectivity index (χ1v) is 11.5. The minimum atomic E-state index is -4.34. The van der Waals surface area contributed by atoms with Gasteiger partial charge >= 0.3 is 6.18 Å². The summed E-state index contributed by atoms with van der Waals surface area (Å²) in [4.78, 5) is 3.13. The van der Waals surface area contributed by atoms with Gasteiger partial charge in [0, 0.05) is 18.0 Å². The van der Waals surface area contributed by atoms with E-state index in [-0.39, 0.29) is 6.04 Å². The Kier molecular flexibility index (Phi) is 5.57. The van der Waals surface area contributed by atoms with Gasteiger partial charge in [0.05, 0.1) is 29.0 Å². The number of nitrogens with zero attached hydrogens (tertiary/aromatic N) is 4. The quantitative estimate of drug-likeness (QED) is 0.520. The molecule has 0 aromatic heterocycles. The van der Waals surface area contributed by atoms with E-state index in [1.165, 1.54) is 23.3 Å². The maximum absolute atomic E-state index is 12.9. The molecule has 32 heavy (non-hydrogen) atoms. The normalized spacial score (nSPS) is 18.9. The van der Waals surface area contributed by atoms with Gasteiger partial charge in [-0.3, -0.25) is 9.21 Å². The molecule has 4 nitrogen and oxygen atoms in total. The lowest BCUT2D eigenvalue weighted by Gasteiger charge is -2.39. The van der Waals surface area contributed by atoms with E-state index < -0.39 is 22.6 Å². The topological polar surface area (TPSA) is 31.2 Å². The highest BCUT2D eigenvalue weighted by molar-refractivity contribution is 7.85. The molecule has 164 valence electrons. The van der Waals surface area contributed by atoms with E-state index in [1.807, 2.05) is 36.4 Å². The Labute approximate surface area is 187 Å². The molecule has 0 amide bonds. The van der Waals surface area contributed by atoms with Crippen LogP contribution in [0.3, 0.4) is 0 Å². The summed E-state index contributed by atoms with van der Waals surface area (Å²) in [5.41, 5.74) is 1.78. The van der Waals surface area contributed by atoms with Crippen LogP contribution in [0.5, 0.6) is 0 Å². The number of hydrogen-bond donors (Lipinski definition) is 0. The van der Waals surface area contributed by atoms with Crippen molar-refractivity contribution in [3.8, 4) is 0 Å². The van der Waals surface area contributed by atoms with Crippen molar-refractivity contribution >= 4 is 16.7 Å². The molecule has 0 aliphatic carbocycles. The van der Waals surface area contributed by atoms with E-state index >= 15 is 0 Å². The van der Waals surface area contributed by atoms with Crippen molar-refractivity contribution in [2.45, 2.75) is 17.1 Å². The van der Waals surface area contributed by atoms with Gasteiger partial charge in [-0.2, -0.15) is 13.2 Å². The van der Waals surface area contributed by atoms with Gasteiger partial charge in [-0.25, -0.2) is 0 Å². The monoisotopic (exact) mass is 454 g/mol. The molecule has 3 aromatic carbocycles. The standard InChI is InChI=1S/C24H21F3N4S/c25-24(26,27)20-11-13-21(14-12-20)32-29-28-22-17-30(15-16-31(22)32)23(18-7-3-1-4-8-18)19-9-5-2-6-10-19/h1-14,23H,15-17H2. The fourth-order valence-electron chi connectivity index (χ4n) is 4.13. The van der Waals surface area contributed by atoms with Crippen LogP contribution in [-0.2, 0) is 17.1 Å². The summed E-state index contributed by atoms with van der Waals surface area (Å²) in [6.45, 7) is 2.14. The van der Waals surface area contributed by atoms with Crippen molar-refractivity contribution in [3.05, 3.63) is 102 Å². The second kappa shape index (κ2) is 8.52. The summed E-state index contributed by atoms with van der Waals surface area (Å²) >= 11 is 0. The van der Waals surface area contributed by atoms with Crippen LogP contribution in [-0.4, -0.2) is 34.7 Å². The average molecular weight is 455 g/mol. The van der Waals surface area contributed by atoms with Crippen LogP contribution in [0.4, 0.5) is 13.2 Å². The van der Waals surface area contributed by atoms with E-state index in [0.29, 0.717) is 13.1 Å². The molecule has 0 bridgehead atoms. The van der Waals surface area contributed by atoms with Gasteiger partial charge < -0.3 is 0 Å².